The van der Waals surface area contributed by atoms with E-state index in [2.05, 4.69) is 51.3 Å². The van der Waals surface area contributed by atoms with Gasteiger partial charge in [0.1, 0.15) is 0 Å². The molecule has 5 saturated carbocycles. The van der Waals surface area contributed by atoms with Crippen molar-refractivity contribution in [3.63, 3.8) is 0 Å². The van der Waals surface area contributed by atoms with E-state index in [9.17, 15) is 15.0 Å². The summed E-state index contributed by atoms with van der Waals surface area (Å²) in [7, 11) is 0. The normalized spacial score (nSPS) is 51.0. The molecule has 9 aliphatic rings. The monoisotopic (exact) mass is 743 g/mol. The van der Waals surface area contributed by atoms with Gasteiger partial charge >= 0.3 is 5.97 Å². The van der Waals surface area contributed by atoms with E-state index >= 15 is 0 Å². The number of fused-ring (bicyclic) bond motifs is 4. The Morgan fingerprint density at radius 1 is 0.981 bits per heavy atom. The maximum Gasteiger partial charge on any atom is 0.303 e. The van der Waals surface area contributed by atoms with Crippen LogP contribution in [0.15, 0.2) is 0 Å². The number of nitrogens with zero attached hydrogens (tertiary/aromatic N) is 2. The molecule has 10 heteroatoms. The van der Waals surface area contributed by atoms with Crippen molar-refractivity contribution in [3.05, 3.63) is 0 Å². The standard InChI is InChI=1S/C43H70N2O8/c1-25-18-28(36(38(5,6)48)51-26(2)46)52-34-33(25)40(8)14-15-43-22-42(43)13-12-31(37(3,4)29(42)10-11-30(43)41(40,9)35(34)47)53-32-19-45(16-17-50-32)39(7)23-44(24-39)27-20-49-21-27/h25,27-36,47-48H,10-24H2,1-9H3/t25-,28?,29+,30?,31+,32+,33+,34?,35+,36+,40-,41-,42?,43?/m1/s1. The summed E-state index contributed by atoms with van der Waals surface area (Å²) in [6, 6.07) is 0.601. The maximum atomic E-state index is 12.7. The summed E-state index contributed by atoms with van der Waals surface area (Å²) in [5, 5.41) is 23.7. The fourth-order valence-corrected chi connectivity index (χ4v) is 15.7. The van der Waals surface area contributed by atoms with Gasteiger partial charge in [-0.2, -0.15) is 0 Å². The van der Waals surface area contributed by atoms with Crippen LogP contribution in [0.25, 0.3) is 0 Å². The molecule has 10 nitrogen and oxygen atoms in total. The summed E-state index contributed by atoms with van der Waals surface area (Å²) < 4.78 is 31.5. The Bertz CT molecular complexity index is 1460. The largest absolute Gasteiger partial charge is 0.457 e. The molecule has 0 radical (unpaired) electrons. The van der Waals surface area contributed by atoms with Gasteiger partial charge in [-0.3, -0.25) is 14.6 Å². The van der Waals surface area contributed by atoms with Crippen molar-refractivity contribution in [2.24, 2.45) is 50.7 Å². The third kappa shape index (κ3) is 5.13. The van der Waals surface area contributed by atoms with Gasteiger partial charge in [-0.15, -0.1) is 0 Å². The fraction of sp³-hybridized carbons (Fsp3) is 0.977. The first-order chi connectivity index (χ1) is 24.8. The third-order valence-electron chi connectivity index (χ3n) is 18.4. The number of rotatable bonds is 7. The van der Waals surface area contributed by atoms with Crippen LogP contribution in [0.4, 0.5) is 0 Å². The van der Waals surface area contributed by atoms with Gasteiger partial charge in [-0.1, -0.05) is 34.6 Å². The number of aliphatic hydroxyl groups is 2. The zero-order valence-electron chi connectivity index (χ0n) is 34.2. The highest BCUT2D eigenvalue weighted by Gasteiger charge is 2.84. The number of ether oxygens (including phenoxy) is 5. The van der Waals surface area contributed by atoms with E-state index in [-0.39, 0.29) is 57.5 Å². The molecule has 5 unspecified atom stereocenters. The number of aliphatic hydroxyl groups excluding tert-OH is 1. The number of hydrogen-bond donors (Lipinski definition) is 2. The van der Waals surface area contributed by atoms with Crippen LogP contribution in [0.1, 0.15) is 114 Å². The average Bonchev–Trinajstić information content (AvgIpc) is 3.67. The van der Waals surface area contributed by atoms with Crippen molar-refractivity contribution in [1.29, 1.82) is 0 Å². The first kappa shape index (κ1) is 37.7. The Kier molecular flexibility index (Phi) is 8.60. The van der Waals surface area contributed by atoms with Crippen LogP contribution in [0, 0.1) is 50.7 Å². The molecule has 4 aliphatic heterocycles. The molecule has 2 N–H and O–H groups in total. The van der Waals surface area contributed by atoms with Crippen molar-refractivity contribution in [1.82, 2.24) is 9.80 Å². The van der Waals surface area contributed by atoms with Crippen LogP contribution in [0.2, 0.25) is 0 Å². The van der Waals surface area contributed by atoms with Crippen molar-refractivity contribution >= 4 is 5.97 Å². The van der Waals surface area contributed by atoms with Gasteiger partial charge in [0.05, 0.1) is 62.4 Å². The molecule has 5 aliphatic carbocycles. The molecule has 0 bridgehead atoms. The van der Waals surface area contributed by atoms with E-state index in [1.165, 1.54) is 32.6 Å². The Balaban J connectivity index is 0.910. The predicted molar refractivity (Wildman–Crippen MR) is 199 cm³/mol. The summed E-state index contributed by atoms with van der Waals surface area (Å²) in [6.07, 6.45) is 6.72. The molecule has 53 heavy (non-hydrogen) atoms. The van der Waals surface area contributed by atoms with Gasteiger partial charge < -0.3 is 33.9 Å². The van der Waals surface area contributed by atoms with Crippen LogP contribution >= 0.6 is 0 Å². The molecule has 4 saturated heterocycles. The van der Waals surface area contributed by atoms with Crippen LogP contribution in [0.3, 0.4) is 0 Å². The van der Waals surface area contributed by atoms with Crippen LogP contribution < -0.4 is 0 Å². The quantitative estimate of drug-likeness (QED) is 0.346. The number of carbonyl (C=O) groups is 1. The van der Waals surface area contributed by atoms with Gasteiger partial charge in [-0.05, 0) is 117 Å². The minimum absolute atomic E-state index is 0.0390. The van der Waals surface area contributed by atoms with Crippen LogP contribution in [0.5, 0.6) is 0 Å². The van der Waals surface area contributed by atoms with Crippen molar-refractivity contribution in [3.8, 4) is 0 Å². The molecule has 2 spiro atoms. The van der Waals surface area contributed by atoms with E-state index in [4.69, 9.17) is 23.7 Å². The molecule has 4 heterocycles. The van der Waals surface area contributed by atoms with Crippen LogP contribution in [-0.2, 0) is 28.5 Å². The Morgan fingerprint density at radius 3 is 2.34 bits per heavy atom. The Morgan fingerprint density at radius 2 is 1.68 bits per heavy atom. The fourth-order valence-electron chi connectivity index (χ4n) is 15.7. The predicted octanol–water partition coefficient (Wildman–Crippen LogP) is 5.02. The first-order valence-electron chi connectivity index (χ1n) is 21.4. The second-order valence-electron chi connectivity index (χ2n) is 21.7. The lowest BCUT2D eigenvalue weighted by molar-refractivity contribution is -0.261. The Labute approximate surface area is 318 Å². The average molecular weight is 743 g/mol. The number of morpholine rings is 1. The van der Waals surface area contributed by atoms with E-state index < -0.39 is 29.9 Å². The zero-order chi connectivity index (χ0) is 37.7. The zero-order valence-corrected chi connectivity index (χ0v) is 34.2. The second-order valence-corrected chi connectivity index (χ2v) is 21.7. The summed E-state index contributed by atoms with van der Waals surface area (Å²) in [4.78, 5) is 17.4. The van der Waals surface area contributed by atoms with Gasteiger partial charge in [0, 0.05) is 37.5 Å². The summed E-state index contributed by atoms with van der Waals surface area (Å²) in [6.45, 7) is 25.9. The first-order valence-corrected chi connectivity index (χ1v) is 21.4. The Hall–Kier alpha value is -0.850. The second kappa shape index (κ2) is 12.1. The van der Waals surface area contributed by atoms with Crippen LogP contribution in [-0.4, -0.2) is 126 Å². The molecule has 0 aromatic carbocycles. The van der Waals surface area contributed by atoms with Gasteiger partial charge in [0.15, 0.2) is 12.4 Å². The number of esters is 1. The number of likely N-dealkylation sites (tertiary alicyclic amines) is 1. The summed E-state index contributed by atoms with van der Waals surface area (Å²) in [5.41, 5.74) is -0.804. The third-order valence-corrected chi connectivity index (χ3v) is 18.4. The highest BCUT2D eigenvalue weighted by molar-refractivity contribution is 5.66. The minimum atomic E-state index is -1.25. The minimum Gasteiger partial charge on any atom is -0.457 e. The molecule has 300 valence electrons. The lowest BCUT2D eigenvalue weighted by Gasteiger charge is -2.64. The summed E-state index contributed by atoms with van der Waals surface area (Å²) in [5.74, 6) is 1.11. The van der Waals surface area contributed by atoms with Crippen molar-refractivity contribution < 1.29 is 38.7 Å². The van der Waals surface area contributed by atoms with E-state index in [1.54, 1.807) is 13.8 Å². The molecule has 9 fully saturated rings. The highest BCUT2D eigenvalue weighted by Crippen LogP contribution is 2.89. The lowest BCUT2D eigenvalue weighted by Crippen LogP contribution is -2.74. The van der Waals surface area contributed by atoms with E-state index in [1.807, 2.05) is 0 Å². The highest BCUT2D eigenvalue weighted by atomic mass is 16.7. The molecular formula is C43H70N2O8. The van der Waals surface area contributed by atoms with Crippen molar-refractivity contribution in [2.75, 3.05) is 46.0 Å². The van der Waals surface area contributed by atoms with Gasteiger partial charge in [0.2, 0.25) is 0 Å². The molecule has 0 amide bonds. The maximum absolute atomic E-state index is 12.7. The summed E-state index contributed by atoms with van der Waals surface area (Å²) >= 11 is 0. The van der Waals surface area contributed by atoms with E-state index in [0.29, 0.717) is 29.7 Å². The molecule has 0 aromatic rings. The lowest BCUT2D eigenvalue weighted by atomic mass is 9.41. The SMILES string of the molecule is CC(=O)O[C@@H](C1C[C@@H](C)[C@H]2C(O1)[C@H](O)[C@@]1(C)C3CC[C@H]4C(C)(C)[C@@H](O[C@H]5CN(C6(C)CN(C7COC7)C6)CCO5)CCC45CC35CC[C@]21C)C(C)(C)O. The van der Waals surface area contributed by atoms with Gasteiger partial charge in [-0.25, -0.2) is 0 Å². The number of carbonyl (C=O) groups excluding carboxylic acids is 1. The molecule has 0 aromatic heterocycles. The topological polar surface area (TPSA) is 110 Å². The van der Waals surface area contributed by atoms with Crippen molar-refractivity contribution in [2.45, 2.75) is 168 Å². The molecule has 14 atom stereocenters. The smallest absolute Gasteiger partial charge is 0.303 e. The van der Waals surface area contributed by atoms with Gasteiger partial charge in [0.25, 0.3) is 0 Å². The molecular weight excluding hydrogens is 672 g/mol. The molecule has 9 rings (SSSR count). The number of hydrogen-bond acceptors (Lipinski definition) is 10. The van der Waals surface area contributed by atoms with E-state index in [0.717, 1.165) is 65.3 Å².